The van der Waals surface area contributed by atoms with Crippen molar-refractivity contribution < 1.29 is 32.2 Å². The van der Waals surface area contributed by atoms with Crippen LogP contribution in [0.2, 0.25) is 10.0 Å². The smallest absolute Gasteiger partial charge is 0.335 e. The van der Waals surface area contributed by atoms with Crippen LogP contribution in [-0.2, 0) is 26.0 Å². The number of nitrogens with zero attached hydrogens (tertiary/aromatic N) is 3. The van der Waals surface area contributed by atoms with Gasteiger partial charge in [-0.2, -0.15) is 4.31 Å². The quantitative estimate of drug-likeness (QED) is 0.287. The van der Waals surface area contributed by atoms with Gasteiger partial charge in [0, 0.05) is 50.8 Å². The number of carbonyl (C=O) groups is 2. The van der Waals surface area contributed by atoms with E-state index in [1.165, 1.54) is 55.8 Å². The van der Waals surface area contributed by atoms with Gasteiger partial charge < -0.3 is 19.1 Å². The van der Waals surface area contributed by atoms with E-state index in [1.807, 2.05) is 0 Å². The summed E-state index contributed by atoms with van der Waals surface area (Å²) in [6.45, 7) is 0.0850. The monoisotopic (exact) mass is 653 g/mol. The van der Waals surface area contributed by atoms with Crippen molar-refractivity contribution in [3.05, 3.63) is 81.6 Å². The molecule has 1 aliphatic heterocycles. The molecular formula is C28H29Cl2N3O7S2. The average molecular weight is 655 g/mol. The van der Waals surface area contributed by atoms with E-state index in [9.17, 15) is 18.0 Å². The molecule has 3 aromatic rings. The lowest BCUT2D eigenvalue weighted by atomic mass is 10.0. The van der Waals surface area contributed by atoms with E-state index in [0.29, 0.717) is 28.4 Å². The molecule has 4 rings (SSSR count). The van der Waals surface area contributed by atoms with E-state index in [-0.39, 0.29) is 39.4 Å². The number of amides is 1. The van der Waals surface area contributed by atoms with Gasteiger partial charge in [0.15, 0.2) is 16.9 Å². The first kappa shape index (κ1) is 31.9. The van der Waals surface area contributed by atoms with Gasteiger partial charge in [-0.25, -0.2) is 13.2 Å². The fraction of sp³-hybridized carbons (Fsp3) is 0.321. The maximum atomic E-state index is 13.7. The van der Waals surface area contributed by atoms with Gasteiger partial charge in [0.1, 0.15) is 6.10 Å². The van der Waals surface area contributed by atoms with Crippen LogP contribution in [0.5, 0.6) is 11.5 Å². The Kier molecular flexibility index (Phi) is 10.3. The van der Waals surface area contributed by atoms with Crippen molar-refractivity contribution in [1.29, 1.82) is 0 Å². The van der Waals surface area contributed by atoms with Gasteiger partial charge in [-0.1, -0.05) is 35.3 Å². The minimum atomic E-state index is -4.15. The van der Waals surface area contributed by atoms with Gasteiger partial charge >= 0.3 is 5.97 Å². The number of hydrogen-bond donors (Lipinski definition) is 0. The summed E-state index contributed by atoms with van der Waals surface area (Å²) >= 11 is 13.9. The van der Waals surface area contributed by atoms with Crippen LogP contribution in [0, 0.1) is 0 Å². The molecule has 1 saturated heterocycles. The summed E-state index contributed by atoms with van der Waals surface area (Å²) in [6, 6.07) is 10.8. The van der Waals surface area contributed by atoms with E-state index < -0.39 is 27.5 Å². The lowest BCUT2D eigenvalue weighted by Crippen LogP contribution is -2.40. The number of ether oxygens (including phenoxy) is 3. The summed E-state index contributed by atoms with van der Waals surface area (Å²) in [6.07, 6.45) is 2.04. The number of esters is 1. The largest absolute Gasteiger partial charge is 0.493 e. The van der Waals surface area contributed by atoms with Crippen molar-refractivity contribution in [2.24, 2.45) is 0 Å². The highest BCUT2D eigenvalue weighted by molar-refractivity contribution is 8.02. The van der Waals surface area contributed by atoms with E-state index in [1.54, 1.807) is 32.3 Å². The van der Waals surface area contributed by atoms with Gasteiger partial charge in [0.25, 0.3) is 5.91 Å². The molecule has 1 fully saturated rings. The summed E-state index contributed by atoms with van der Waals surface area (Å²) in [4.78, 5) is 31.4. The number of sulfonamides is 1. The number of halogens is 2. The number of aromatic nitrogens is 1. The van der Waals surface area contributed by atoms with Crippen LogP contribution in [0.15, 0.2) is 59.8 Å². The first-order valence-electron chi connectivity index (χ1n) is 12.6. The lowest BCUT2D eigenvalue weighted by Gasteiger charge is -2.26. The minimum Gasteiger partial charge on any atom is -0.493 e. The lowest BCUT2D eigenvalue weighted by molar-refractivity contribution is -0.150. The molecule has 0 bridgehead atoms. The fourth-order valence-electron chi connectivity index (χ4n) is 4.37. The molecule has 14 heteroatoms. The van der Waals surface area contributed by atoms with Crippen LogP contribution in [0.4, 0.5) is 0 Å². The van der Waals surface area contributed by atoms with Gasteiger partial charge in [0.05, 0.1) is 29.2 Å². The Morgan fingerprint density at radius 1 is 1.07 bits per heavy atom. The number of carbonyl (C=O) groups excluding carboxylic acids is 2. The topological polar surface area (TPSA) is 115 Å². The Morgan fingerprint density at radius 2 is 1.76 bits per heavy atom. The van der Waals surface area contributed by atoms with E-state index in [4.69, 9.17) is 37.4 Å². The first-order valence-corrected chi connectivity index (χ1v) is 15.9. The maximum absolute atomic E-state index is 13.7. The Morgan fingerprint density at radius 3 is 2.40 bits per heavy atom. The summed E-state index contributed by atoms with van der Waals surface area (Å²) < 4.78 is 45.3. The van der Waals surface area contributed by atoms with Gasteiger partial charge in [0.2, 0.25) is 10.0 Å². The van der Waals surface area contributed by atoms with Crippen LogP contribution in [-0.4, -0.2) is 80.5 Å². The Balaban J connectivity index is 1.66. The van der Waals surface area contributed by atoms with Crippen molar-refractivity contribution in [3.8, 4) is 11.5 Å². The second-order valence-electron chi connectivity index (χ2n) is 9.39. The fourth-order valence-corrected chi connectivity index (χ4v) is 7.98. The zero-order valence-corrected chi connectivity index (χ0v) is 26.4. The minimum absolute atomic E-state index is 0.0836. The second-order valence-corrected chi connectivity index (χ2v) is 13.3. The molecule has 42 heavy (non-hydrogen) atoms. The molecule has 2 aromatic carbocycles. The predicted molar refractivity (Wildman–Crippen MR) is 161 cm³/mol. The first-order chi connectivity index (χ1) is 20.0. The molecule has 10 nitrogen and oxygen atoms in total. The number of benzene rings is 2. The summed E-state index contributed by atoms with van der Waals surface area (Å²) in [5.74, 6) is 0.158. The number of rotatable bonds is 10. The van der Waals surface area contributed by atoms with E-state index >= 15 is 0 Å². The molecule has 0 aliphatic carbocycles. The van der Waals surface area contributed by atoms with Crippen LogP contribution in [0.3, 0.4) is 0 Å². The standard InChI is InChI=1S/C28H29Cl2N3O7S2/c1-32(2)26(34)18-6-5-7-19(12-18)42(36,37)33-10-11-41-27(33)28(35)40-24(14-20-21(29)15-31-16-22(20)30)17-8-9-23(38-3)25(13-17)39-4/h5-9,12-13,15-16,24,27H,10-11,14H2,1-4H3. The molecule has 2 unspecified atom stereocenters. The summed E-state index contributed by atoms with van der Waals surface area (Å²) in [5.41, 5.74) is 1.27. The number of hydrogen-bond acceptors (Lipinski definition) is 9. The second kappa shape index (κ2) is 13.5. The van der Waals surface area contributed by atoms with Crippen molar-refractivity contribution in [2.75, 3.05) is 40.6 Å². The molecule has 0 saturated carbocycles. The van der Waals surface area contributed by atoms with Crippen LogP contribution < -0.4 is 9.47 Å². The Labute approximate surface area is 258 Å². The highest BCUT2D eigenvalue weighted by Crippen LogP contribution is 2.37. The van der Waals surface area contributed by atoms with Crippen LogP contribution in [0.25, 0.3) is 0 Å². The zero-order chi connectivity index (χ0) is 30.6. The Bertz CT molecular complexity index is 1570. The summed E-state index contributed by atoms with van der Waals surface area (Å²) in [5, 5.41) is -0.583. The Hall–Kier alpha value is -3.03. The van der Waals surface area contributed by atoms with Crippen molar-refractivity contribution in [3.63, 3.8) is 0 Å². The molecule has 224 valence electrons. The normalized spacial score (nSPS) is 16.1. The van der Waals surface area contributed by atoms with Crippen LogP contribution >= 0.6 is 35.0 Å². The summed E-state index contributed by atoms with van der Waals surface area (Å²) in [7, 11) is 1.99. The highest BCUT2D eigenvalue weighted by Gasteiger charge is 2.42. The third-order valence-corrected chi connectivity index (χ3v) is 10.4. The number of methoxy groups -OCH3 is 2. The van der Waals surface area contributed by atoms with E-state index in [0.717, 1.165) is 16.1 Å². The van der Waals surface area contributed by atoms with Crippen molar-refractivity contribution in [2.45, 2.75) is 22.8 Å². The number of thioether (sulfide) groups is 1. The molecule has 1 aliphatic rings. The van der Waals surface area contributed by atoms with E-state index in [2.05, 4.69) is 4.98 Å². The van der Waals surface area contributed by atoms with Crippen molar-refractivity contribution >= 4 is 56.9 Å². The van der Waals surface area contributed by atoms with Gasteiger partial charge in [-0.05, 0) is 41.5 Å². The number of pyridine rings is 1. The van der Waals surface area contributed by atoms with Gasteiger partial charge in [-0.3, -0.25) is 9.78 Å². The molecule has 0 radical (unpaired) electrons. The maximum Gasteiger partial charge on any atom is 0.335 e. The average Bonchev–Trinajstić information content (AvgIpc) is 3.49. The highest BCUT2D eigenvalue weighted by atomic mass is 35.5. The third-order valence-electron chi connectivity index (χ3n) is 6.52. The van der Waals surface area contributed by atoms with Crippen LogP contribution in [0.1, 0.15) is 27.6 Å². The van der Waals surface area contributed by atoms with Crippen molar-refractivity contribution in [1.82, 2.24) is 14.2 Å². The predicted octanol–water partition coefficient (Wildman–Crippen LogP) is 4.70. The molecule has 0 N–H and O–H groups in total. The zero-order valence-electron chi connectivity index (χ0n) is 23.2. The molecule has 2 heterocycles. The molecule has 1 amide bonds. The van der Waals surface area contributed by atoms with Gasteiger partial charge in [-0.15, -0.1) is 11.8 Å². The SMILES string of the molecule is COc1ccc(C(Cc2c(Cl)cncc2Cl)OC(=O)C2SCCN2S(=O)(=O)c2cccc(C(=O)N(C)C)c2)cc1OC. The molecular weight excluding hydrogens is 625 g/mol. The molecule has 1 aromatic heterocycles. The third kappa shape index (κ3) is 6.78. The molecule has 2 atom stereocenters. The molecule has 0 spiro atoms.